The Balaban J connectivity index is 2.18. The number of ether oxygens (including phenoxy) is 1. The van der Waals surface area contributed by atoms with E-state index in [1.54, 1.807) is 6.20 Å². The molecule has 2 heterocycles. The van der Waals surface area contributed by atoms with E-state index in [0.717, 1.165) is 41.5 Å². The second-order valence-electron chi connectivity index (χ2n) is 4.53. The van der Waals surface area contributed by atoms with E-state index in [1.807, 2.05) is 37.8 Å². The van der Waals surface area contributed by atoms with Crippen LogP contribution >= 0.6 is 0 Å². The molecule has 1 N–H and O–H groups in total. The maximum Gasteiger partial charge on any atom is 0.171 e. The molecule has 19 heavy (non-hydrogen) atoms. The lowest BCUT2D eigenvalue weighted by atomic mass is 10.2. The number of aromatic nitrogens is 3. The fraction of sp³-hybridized carbons (Fsp3) is 0.429. The predicted molar refractivity (Wildman–Crippen MR) is 74.4 cm³/mol. The van der Waals surface area contributed by atoms with Crippen molar-refractivity contribution < 1.29 is 4.74 Å². The number of rotatable bonds is 5. The van der Waals surface area contributed by atoms with E-state index in [4.69, 9.17) is 4.74 Å². The SMILES string of the molecule is CCNCc1cncc(Oc2c(C)nn(C)c2C)c1. The Hall–Kier alpha value is -1.88. The standard InChI is InChI=1S/C14H20N4O/c1-5-15-7-12-6-13(9-16-8-12)19-14-10(2)17-18(4)11(14)3/h6,8-9,15H,5,7H2,1-4H3. The highest BCUT2D eigenvalue weighted by molar-refractivity contribution is 5.37. The number of hydrogen-bond acceptors (Lipinski definition) is 4. The molecule has 0 spiro atoms. The Kier molecular flexibility index (Phi) is 4.16. The molecule has 2 aromatic rings. The van der Waals surface area contributed by atoms with Gasteiger partial charge < -0.3 is 10.1 Å². The Morgan fingerprint density at radius 2 is 2.11 bits per heavy atom. The molecule has 0 radical (unpaired) electrons. The molecule has 5 heteroatoms. The van der Waals surface area contributed by atoms with Crippen LogP contribution in [-0.2, 0) is 13.6 Å². The lowest BCUT2D eigenvalue weighted by Gasteiger charge is -2.07. The maximum absolute atomic E-state index is 5.91. The van der Waals surface area contributed by atoms with Crippen LogP contribution < -0.4 is 10.1 Å². The quantitative estimate of drug-likeness (QED) is 0.896. The van der Waals surface area contributed by atoms with Crippen LogP contribution in [0.4, 0.5) is 0 Å². The lowest BCUT2D eigenvalue weighted by Crippen LogP contribution is -2.11. The van der Waals surface area contributed by atoms with Gasteiger partial charge in [-0.05, 0) is 32.0 Å². The maximum atomic E-state index is 5.91. The molecular formula is C14H20N4O. The van der Waals surface area contributed by atoms with Gasteiger partial charge in [-0.1, -0.05) is 6.92 Å². The number of hydrogen-bond donors (Lipinski definition) is 1. The van der Waals surface area contributed by atoms with Crippen LogP contribution in [0.1, 0.15) is 23.9 Å². The second-order valence-corrected chi connectivity index (χ2v) is 4.53. The Morgan fingerprint density at radius 1 is 1.32 bits per heavy atom. The van der Waals surface area contributed by atoms with Crippen molar-refractivity contribution in [2.24, 2.45) is 7.05 Å². The molecule has 0 bridgehead atoms. The van der Waals surface area contributed by atoms with E-state index in [2.05, 4.69) is 22.3 Å². The Bertz CT molecular complexity index is 563. The lowest BCUT2D eigenvalue weighted by molar-refractivity contribution is 0.470. The molecular weight excluding hydrogens is 240 g/mol. The molecule has 2 aromatic heterocycles. The predicted octanol–water partition coefficient (Wildman–Crippen LogP) is 2.33. The van der Waals surface area contributed by atoms with Crippen molar-refractivity contribution in [1.29, 1.82) is 0 Å². The molecule has 5 nitrogen and oxygen atoms in total. The molecule has 2 rings (SSSR count). The number of pyridine rings is 1. The minimum absolute atomic E-state index is 0.745. The summed E-state index contributed by atoms with van der Waals surface area (Å²) in [5.74, 6) is 1.56. The smallest absolute Gasteiger partial charge is 0.171 e. The monoisotopic (exact) mass is 260 g/mol. The van der Waals surface area contributed by atoms with E-state index in [1.165, 1.54) is 0 Å². The van der Waals surface area contributed by atoms with Crippen molar-refractivity contribution in [3.8, 4) is 11.5 Å². The first-order chi connectivity index (χ1) is 9.11. The van der Waals surface area contributed by atoms with E-state index < -0.39 is 0 Å². The van der Waals surface area contributed by atoms with Crippen LogP contribution in [0.5, 0.6) is 11.5 Å². The summed E-state index contributed by atoms with van der Waals surface area (Å²) in [6, 6.07) is 2.00. The molecule has 0 aliphatic heterocycles. The van der Waals surface area contributed by atoms with Gasteiger partial charge in [0, 0.05) is 19.8 Å². The van der Waals surface area contributed by atoms with Crippen LogP contribution in [0.15, 0.2) is 18.5 Å². The Morgan fingerprint density at radius 3 is 2.74 bits per heavy atom. The minimum atomic E-state index is 0.745. The molecule has 0 saturated heterocycles. The summed E-state index contributed by atoms with van der Waals surface area (Å²) in [5.41, 5.74) is 3.00. The number of nitrogens with one attached hydrogen (secondary N) is 1. The average Bonchev–Trinajstić information content (AvgIpc) is 2.64. The van der Waals surface area contributed by atoms with Crippen molar-refractivity contribution in [3.63, 3.8) is 0 Å². The molecule has 0 amide bonds. The zero-order valence-electron chi connectivity index (χ0n) is 11.9. The van der Waals surface area contributed by atoms with Gasteiger partial charge in [0.25, 0.3) is 0 Å². The first-order valence-corrected chi connectivity index (χ1v) is 6.44. The fourth-order valence-corrected chi connectivity index (χ4v) is 1.91. The normalized spacial score (nSPS) is 10.7. The van der Waals surface area contributed by atoms with Crippen molar-refractivity contribution in [2.45, 2.75) is 27.3 Å². The van der Waals surface area contributed by atoms with E-state index >= 15 is 0 Å². The second kappa shape index (κ2) is 5.84. The van der Waals surface area contributed by atoms with Crippen LogP contribution in [0.2, 0.25) is 0 Å². The number of aryl methyl sites for hydroxylation is 2. The zero-order valence-corrected chi connectivity index (χ0v) is 11.9. The topological polar surface area (TPSA) is 52.0 Å². The fourth-order valence-electron chi connectivity index (χ4n) is 1.91. The van der Waals surface area contributed by atoms with Gasteiger partial charge in [0.15, 0.2) is 5.75 Å². The van der Waals surface area contributed by atoms with Gasteiger partial charge in [-0.25, -0.2) is 0 Å². The highest BCUT2D eigenvalue weighted by Crippen LogP contribution is 2.27. The van der Waals surface area contributed by atoms with Crippen LogP contribution in [-0.4, -0.2) is 21.3 Å². The van der Waals surface area contributed by atoms with Gasteiger partial charge in [-0.15, -0.1) is 0 Å². The molecule has 0 saturated carbocycles. The van der Waals surface area contributed by atoms with E-state index in [9.17, 15) is 0 Å². The molecule has 102 valence electrons. The molecule has 0 fully saturated rings. The van der Waals surface area contributed by atoms with E-state index in [0.29, 0.717) is 0 Å². The van der Waals surface area contributed by atoms with Gasteiger partial charge in [0.2, 0.25) is 0 Å². The van der Waals surface area contributed by atoms with Crippen LogP contribution in [0.25, 0.3) is 0 Å². The first-order valence-electron chi connectivity index (χ1n) is 6.44. The zero-order chi connectivity index (χ0) is 13.8. The summed E-state index contributed by atoms with van der Waals surface area (Å²) in [6.45, 7) is 7.75. The van der Waals surface area contributed by atoms with Crippen molar-refractivity contribution in [1.82, 2.24) is 20.1 Å². The van der Waals surface area contributed by atoms with Gasteiger partial charge in [0.1, 0.15) is 11.4 Å². The largest absolute Gasteiger partial charge is 0.452 e. The third-order valence-corrected chi connectivity index (χ3v) is 3.01. The van der Waals surface area contributed by atoms with Crippen molar-refractivity contribution >= 4 is 0 Å². The summed E-state index contributed by atoms with van der Waals surface area (Å²) in [6.07, 6.45) is 3.57. The average molecular weight is 260 g/mol. The summed E-state index contributed by atoms with van der Waals surface area (Å²) in [5, 5.41) is 7.61. The van der Waals surface area contributed by atoms with Gasteiger partial charge >= 0.3 is 0 Å². The summed E-state index contributed by atoms with van der Waals surface area (Å²) in [4.78, 5) is 4.21. The van der Waals surface area contributed by atoms with Crippen molar-refractivity contribution in [2.75, 3.05) is 6.54 Å². The third kappa shape index (κ3) is 3.12. The summed E-state index contributed by atoms with van der Waals surface area (Å²) >= 11 is 0. The van der Waals surface area contributed by atoms with Gasteiger partial charge in [0.05, 0.1) is 11.9 Å². The highest BCUT2D eigenvalue weighted by Gasteiger charge is 2.11. The third-order valence-electron chi connectivity index (χ3n) is 3.01. The van der Waals surface area contributed by atoms with E-state index in [-0.39, 0.29) is 0 Å². The number of nitrogens with zero attached hydrogens (tertiary/aromatic N) is 3. The van der Waals surface area contributed by atoms with Crippen LogP contribution in [0.3, 0.4) is 0 Å². The van der Waals surface area contributed by atoms with Gasteiger partial charge in [-0.3, -0.25) is 9.67 Å². The minimum Gasteiger partial charge on any atom is -0.452 e. The molecule has 0 atom stereocenters. The first kappa shape index (κ1) is 13.5. The Labute approximate surface area is 113 Å². The molecule has 0 aliphatic rings. The molecule has 0 unspecified atom stereocenters. The van der Waals surface area contributed by atoms with Gasteiger partial charge in [-0.2, -0.15) is 5.10 Å². The summed E-state index contributed by atoms with van der Waals surface area (Å²) < 4.78 is 7.73. The summed E-state index contributed by atoms with van der Waals surface area (Å²) in [7, 11) is 1.91. The van der Waals surface area contributed by atoms with Crippen molar-refractivity contribution in [3.05, 3.63) is 35.4 Å². The highest BCUT2D eigenvalue weighted by atomic mass is 16.5. The van der Waals surface area contributed by atoms with Crippen LogP contribution in [0, 0.1) is 13.8 Å². The molecule has 0 aromatic carbocycles. The molecule has 0 aliphatic carbocycles.